The smallest absolute Gasteiger partial charge is 0.191 e. The summed E-state index contributed by atoms with van der Waals surface area (Å²) in [6.45, 7) is 3.35. The van der Waals surface area contributed by atoms with Crippen LogP contribution in [0, 0.1) is 5.82 Å². The van der Waals surface area contributed by atoms with Crippen LogP contribution in [-0.4, -0.2) is 44.1 Å². The third-order valence-corrected chi connectivity index (χ3v) is 5.41. The molecule has 1 aliphatic carbocycles. The van der Waals surface area contributed by atoms with Gasteiger partial charge in [0.05, 0.1) is 12.2 Å². The summed E-state index contributed by atoms with van der Waals surface area (Å²) in [6.07, 6.45) is 5.80. The van der Waals surface area contributed by atoms with Crippen molar-refractivity contribution >= 4 is 47.4 Å². The average molecular weight is 480 g/mol. The second kappa shape index (κ2) is 11.1. The van der Waals surface area contributed by atoms with E-state index < -0.39 is 0 Å². The molecule has 25 heavy (non-hydrogen) atoms. The van der Waals surface area contributed by atoms with Gasteiger partial charge in [0.1, 0.15) is 5.82 Å². The Labute approximate surface area is 172 Å². The lowest BCUT2D eigenvalue weighted by molar-refractivity contribution is 0.613. The highest BCUT2D eigenvalue weighted by molar-refractivity contribution is 14.0. The molecule has 2 unspecified atom stereocenters. The van der Waals surface area contributed by atoms with E-state index in [-0.39, 0.29) is 29.8 Å². The van der Waals surface area contributed by atoms with Gasteiger partial charge in [-0.15, -0.1) is 24.0 Å². The van der Waals surface area contributed by atoms with Gasteiger partial charge in [0.25, 0.3) is 0 Å². The Morgan fingerprint density at radius 2 is 2.12 bits per heavy atom. The van der Waals surface area contributed by atoms with Crippen LogP contribution in [0.25, 0.3) is 0 Å². The normalized spacial score (nSPS) is 20.1. The molecule has 0 aromatic heterocycles. The van der Waals surface area contributed by atoms with E-state index in [1.165, 1.54) is 19.3 Å². The largest absolute Gasteiger partial charge is 0.375 e. The first-order valence-electron chi connectivity index (χ1n) is 8.56. The van der Waals surface area contributed by atoms with Crippen molar-refractivity contribution in [3.63, 3.8) is 0 Å². The standard InChI is InChI=1S/C18H29FN4S.HI/c1-5-20-18(22-14-7-8-15(11-14)24-4)21-12-13-6-9-17(23(2)3)16(19)10-13;/h6,9-10,14-15H,5,7-8,11-12H2,1-4H3,(H2,20,21,22);1H. The van der Waals surface area contributed by atoms with E-state index in [1.807, 2.05) is 31.9 Å². The van der Waals surface area contributed by atoms with Crippen LogP contribution < -0.4 is 15.5 Å². The zero-order valence-electron chi connectivity index (χ0n) is 15.5. The van der Waals surface area contributed by atoms with Crippen molar-refractivity contribution in [1.82, 2.24) is 10.6 Å². The summed E-state index contributed by atoms with van der Waals surface area (Å²) in [5, 5.41) is 7.55. The van der Waals surface area contributed by atoms with Gasteiger partial charge in [-0.2, -0.15) is 11.8 Å². The molecular formula is C18H30FIN4S. The maximum absolute atomic E-state index is 14.1. The molecule has 1 fully saturated rings. The van der Waals surface area contributed by atoms with Gasteiger partial charge in [-0.25, -0.2) is 9.38 Å². The average Bonchev–Trinajstić information content (AvgIpc) is 3.00. The van der Waals surface area contributed by atoms with Gasteiger partial charge in [-0.1, -0.05) is 6.07 Å². The van der Waals surface area contributed by atoms with Crippen LogP contribution in [-0.2, 0) is 6.54 Å². The minimum absolute atomic E-state index is 0. The van der Waals surface area contributed by atoms with Crippen molar-refractivity contribution in [3.05, 3.63) is 29.6 Å². The molecule has 1 aromatic carbocycles. The minimum atomic E-state index is -0.204. The van der Waals surface area contributed by atoms with Crippen LogP contribution in [0.4, 0.5) is 10.1 Å². The first-order chi connectivity index (χ1) is 11.5. The van der Waals surface area contributed by atoms with Crippen molar-refractivity contribution in [2.24, 2.45) is 4.99 Å². The molecule has 0 radical (unpaired) electrons. The summed E-state index contributed by atoms with van der Waals surface area (Å²) < 4.78 is 14.1. The van der Waals surface area contributed by atoms with E-state index in [0.717, 1.165) is 23.3 Å². The quantitative estimate of drug-likeness (QED) is 0.369. The number of nitrogens with one attached hydrogen (secondary N) is 2. The Balaban J connectivity index is 0.00000312. The topological polar surface area (TPSA) is 39.7 Å². The van der Waals surface area contributed by atoms with Crippen LogP contribution in [0.5, 0.6) is 0 Å². The maximum atomic E-state index is 14.1. The molecule has 0 bridgehead atoms. The molecule has 0 aliphatic heterocycles. The monoisotopic (exact) mass is 480 g/mol. The fourth-order valence-electron chi connectivity index (χ4n) is 2.98. The predicted octanol–water partition coefficient (Wildman–Crippen LogP) is 3.85. The van der Waals surface area contributed by atoms with Gasteiger partial charge >= 0.3 is 0 Å². The molecule has 0 heterocycles. The van der Waals surface area contributed by atoms with Gasteiger partial charge < -0.3 is 15.5 Å². The highest BCUT2D eigenvalue weighted by Crippen LogP contribution is 2.28. The molecule has 4 nitrogen and oxygen atoms in total. The lowest BCUT2D eigenvalue weighted by Crippen LogP contribution is -2.42. The summed E-state index contributed by atoms with van der Waals surface area (Å²) in [5.41, 5.74) is 1.48. The highest BCUT2D eigenvalue weighted by Gasteiger charge is 2.24. The van der Waals surface area contributed by atoms with E-state index in [2.05, 4.69) is 28.8 Å². The molecule has 0 amide bonds. The van der Waals surface area contributed by atoms with Crippen molar-refractivity contribution in [3.8, 4) is 0 Å². The van der Waals surface area contributed by atoms with Gasteiger partial charge in [0.2, 0.25) is 0 Å². The number of nitrogens with zero attached hydrogens (tertiary/aromatic N) is 2. The van der Waals surface area contributed by atoms with Crippen molar-refractivity contribution in [2.75, 3.05) is 31.8 Å². The number of benzene rings is 1. The molecule has 2 N–H and O–H groups in total. The van der Waals surface area contributed by atoms with E-state index in [1.54, 1.807) is 17.0 Å². The Morgan fingerprint density at radius 1 is 1.36 bits per heavy atom. The van der Waals surface area contributed by atoms with Gasteiger partial charge in [-0.05, 0) is 50.1 Å². The zero-order valence-corrected chi connectivity index (χ0v) is 18.7. The fraction of sp³-hybridized carbons (Fsp3) is 0.611. The zero-order chi connectivity index (χ0) is 17.5. The Morgan fingerprint density at radius 3 is 2.68 bits per heavy atom. The second-order valence-electron chi connectivity index (χ2n) is 6.39. The summed E-state index contributed by atoms with van der Waals surface area (Å²) in [4.78, 5) is 6.40. The number of guanidine groups is 1. The lowest BCUT2D eigenvalue weighted by Gasteiger charge is -2.17. The highest BCUT2D eigenvalue weighted by atomic mass is 127. The van der Waals surface area contributed by atoms with Crippen molar-refractivity contribution in [1.29, 1.82) is 0 Å². The Kier molecular flexibility index (Phi) is 9.92. The molecule has 0 spiro atoms. The SMILES string of the molecule is CCNC(=NCc1ccc(N(C)C)c(F)c1)NC1CCC(SC)C1.I. The van der Waals surface area contributed by atoms with Crippen LogP contribution in [0.2, 0.25) is 0 Å². The first-order valence-corrected chi connectivity index (χ1v) is 9.85. The number of halogens is 2. The van der Waals surface area contributed by atoms with Crippen molar-refractivity contribution < 1.29 is 4.39 Å². The molecule has 1 saturated carbocycles. The van der Waals surface area contributed by atoms with Crippen molar-refractivity contribution in [2.45, 2.75) is 44.0 Å². The van der Waals surface area contributed by atoms with Gasteiger partial charge in [0.15, 0.2) is 5.96 Å². The first kappa shape index (κ1) is 22.3. The molecular weight excluding hydrogens is 450 g/mol. The van der Waals surface area contributed by atoms with Crippen LogP contribution >= 0.6 is 35.7 Å². The molecule has 0 saturated heterocycles. The van der Waals surface area contributed by atoms with E-state index in [4.69, 9.17) is 0 Å². The summed E-state index contributed by atoms with van der Waals surface area (Å²) in [5.74, 6) is 0.616. The van der Waals surface area contributed by atoms with Gasteiger partial charge in [0, 0.05) is 31.9 Å². The third-order valence-electron chi connectivity index (χ3n) is 4.32. The Bertz CT molecular complexity index is 568. The number of rotatable bonds is 6. The molecule has 2 rings (SSSR count). The van der Waals surface area contributed by atoms with E-state index in [0.29, 0.717) is 18.3 Å². The predicted molar refractivity (Wildman–Crippen MR) is 119 cm³/mol. The molecule has 1 aromatic rings. The maximum Gasteiger partial charge on any atom is 0.191 e. The summed E-state index contributed by atoms with van der Waals surface area (Å²) >= 11 is 1.95. The number of hydrogen-bond acceptors (Lipinski definition) is 3. The van der Waals surface area contributed by atoms with E-state index in [9.17, 15) is 4.39 Å². The van der Waals surface area contributed by atoms with Crippen LogP contribution in [0.3, 0.4) is 0 Å². The number of anilines is 1. The molecule has 7 heteroatoms. The third kappa shape index (κ3) is 6.84. The number of hydrogen-bond donors (Lipinski definition) is 2. The fourth-order valence-corrected chi connectivity index (χ4v) is 3.78. The van der Waals surface area contributed by atoms with E-state index >= 15 is 0 Å². The van der Waals surface area contributed by atoms with Gasteiger partial charge in [-0.3, -0.25) is 0 Å². The minimum Gasteiger partial charge on any atom is -0.375 e. The van der Waals surface area contributed by atoms with Crippen LogP contribution in [0.1, 0.15) is 31.7 Å². The van der Waals surface area contributed by atoms with Crippen LogP contribution in [0.15, 0.2) is 23.2 Å². The molecule has 1 aliphatic rings. The molecule has 142 valence electrons. The number of aliphatic imine (C=N–C) groups is 1. The lowest BCUT2D eigenvalue weighted by atomic mass is 10.2. The summed E-state index contributed by atoms with van der Waals surface area (Å²) in [6, 6.07) is 5.79. The number of thioether (sulfide) groups is 1. The summed E-state index contributed by atoms with van der Waals surface area (Å²) in [7, 11) is 3.68. The Hall–Kier alpha value is -0.700. The second-order valence-corrected chi connectivity index (χ2v) is 7.53. The molecule has 2 atom stereocenters.